The lowest BCUT2D eigenvalue weighted by Crippen LogP contribution is -2.20. The highest BCUT2D eigenvalue weighted by Crippen LogP contribution is 2.19. The van der Waals surface area contributed by atoms with E-state index in [1.807, 2.05) is 36.4 Å². The smallest absolute Gasteiger partial charge is 0.307 e. The molecule has 0 aliphatic heterocycles. The van der Waals surface area contributed by atoms with Crippen LogP contribution < -0.4 is 0 Å². The summed E-state index contributed by atoms with van der Waals surface area (Å²) in [6, 6.07) is 18.4. The number of hydrogen-bond acceptors (Lipinski definition) is 3. The van der Waals surface area contributed by atoms with Crippen LogP contribution in [0.25, 0.3) is 0 Å². The lowest BCUT2D eigenvalue weighted by molar-refractivity contribution is -0.140. The summed E-state index contributed by atoms with van der Waals surface area (Å²) in [5.74, 6) is -1.16. The first-order valence-corrected chi connectivity index (χ1v) is 7.64. The first-order chi connectivity index (χ1) is 10.2. The highest BCUT2D eigenvalue weighted by molar-refractivity contribution is 8.14. The van der Waals surface area contributed by atoms with Gasteiger partial charge in [-0.1, -0.05) is 72.4 Å². The molecule has 1 N–H and O–H groups in total. The zero-order chi connectivity index (χ0) is 15.1. The van der Waals surface area contributed by atoms with Crippen molar-refractivity contribution >= 4 is 22.8 Å². The van der Waals surface area contributed by atoms with Crippen molar-refractivity contribution in [1.29, 1.82) is 0 Å². The van der Waals surface area contributed by atoms with Crippen LogP contribution >= 0.6 is 11.8 Å². The van der Waals surface area contributed by atoms with Gasteiger partial charge in [-0.3, -0.25) is 9.59 Å². The summed E-state index contributed by atoms with van der Waals surface area (Å²) in [5, 5.41) is 9.21. The Morgan fingerprint density at radius 3 is 2.10 bits per heavy atom. The van der Waals surface area contributed by atoms with Crippen LogP contribution in [0.15, 0.2) is 60.7 Å². The summed E-state index contributed by atoms with van der Waals surface area (Å²) in [4.78, 5) is 23.3. The molecule has 3 nitrogen and oxygen atoms in total. The second-order valence-electron chi connectivity index (χ2n) is 4.69. The molecule has 1 atom stereocenters. The van der Waals surface area contributed by atoms with Crippen LogP contribution in [0.3, 0.4) is 0 Å². The molecule has 0 saturated heterocycles. The Morgan fingerprint density at radius 2 is 1.52 bits per heavy atom. The van der Waals surface area contributed by atoms with Crippen molar-refractivity contribution < 1.29 is 14.7 Å². The topological polar surface area (TPSA) is 54.4 Å². The number of carboxylic acids is 1. The first kappa shape index (κ1) is 15.3. The van der Waals surface area contributed by atoms with E-state index in [0.717, 1.165) is 17.3 Å². The fourth-order valence-electron chi connectivity index (χ4n) is 1.95. The third-order valence-electron chi connectivity index (χ3n) is 3.10. The lowest BCUT2D eigenvalue weighted by atomic mass is 10.0. The van der Waals surface area contributed by atoms with Gasteiger partial charge in [0.15, 0.2) is 0 Å². The first-order valence-electron chi connectivity index (χ1n) is 6.65. The van der Waals surface area contributed by atoms with Crippen molar-refractivity contribution in [1.82, 2.24) is 0 Å². The third-order valence-corrected chi connectivity index (χ3v) is 4.17. The van der Waals surface area contributed by atoms with Crippen molar-refractivity contribution in [2.24, 2.45) is 5.92 Å². The number of thioether (sulfide) groups is 1. The fraction of sp³-hybridized carbons (Fsp3) is 0.176. The Morgan fingerprint density at radius 1 is 0.952 bits per heavy atom. The Balaban J connectivity index is 1.95. The maximum absolute atomic E-state index is 12.0. The minimum atomic E-state index is -0.868. The number of benzene rings is 2. The van der Waals surface area contributed by atoms with E-state index in [-0.39, 0.29) is 10.9 Å². The third kappa shape index (κ3) is 4.76. The van der Waals surface area contributed by atoms with Gasteiger partial charge in [-0.05, 0) is 12.0 Å². The van der Waals surface area contributed by atoms with Crippen LogP contribution in [0, 0.1) is 5.92 Å². The number of carboxylic acid groups (broad SMARTS) is 1. The second kappa shape index (κ2) is 7.64. The average molecular weight is 300 g/mol. The molecule has 2 aromatic carbocycles. The summed E-state index contributed by atoms with van der Waals surface area (Å²) in [7, 11) is 0. The van der Waals surface area contributed by atoms with Crippen LogP contribution in [-0.4, -0.2) is 21.9 Å². The molecule has 0 unspecified atom stereocenters. The fourth-order valence-corrected chi connectivity index (χ4v) is 2.87. The molecule has 4 heteroatoms. The molecule has 2 aromatic rings. The number of hydrogen-bond donors (Lipinski definition) is 1. The van der Waals surface area contributed by atoms with Crippen LogP contribution in [-0.2, 0) is 11.2 Å². The van der Waals surface area contributed by atoms with Gasteiger partial charge in [0, 0.05) is 11.3 Å². The molecule has 0 bridgehead atoms. The van der Waals surface area contributed by atoms with Gasteiger partial charge in [-0.2, -0.15) is 0 Å². The molecule has 0 aliphatic carbocycles. The normalized spacial score (nSPS) is 11.8. The van der Waals surface area contributed by atoms with Crippen molar-refractivity contribution in [3.8, 4) is 0 Å². The maximum atomic E-state index is 12.0. The van der Waals surface area contributed by atoms with Gasteiger partial charge in [-0.25, -0.2) is 0 Å². The van der Waals surface area contributed by atoms with Gasteiger partial charge in [0.1, 0.15) is 0 Å². The van der Waals surface area contributed by atoms with Crippen LogP contribution in [0.2, 0.25) is 0 Å². The summed E-state index contributed by atoms with van der Waals surface area (Å²) in [5.41, 5.74) is 1.57. The maximum Gasteiger partial charge on any atom is 0.307 e. The molecule has 108 valence electrons. The molecule has 0 aliphatic rings. The zero-order valence-corrected chi connectivity index (χ0v) is 12.3. The molecular formula is C17H16O3S. The number of rotatable bonds is 6. The predicted octanol–water partition coefficient (Wildman–Crippen LogP) is 3.50. The van der Waals surface area contributed by atoms with Gasteiger partial charge in [0.25, 0.3) is 0 Å². The average Bonchev–Trinajstić information content (AvgIpc) is 2.52. The number of carbonyl (C=O) groups excluding carboxylic acids is 1. The summed E-state index contributed by atoms with van der Waals surface area (Å²) in [6.45, 7) is 0. The highest BCUT2D eigenvalue weighted by Gasteiger charge is 2.20. The van der Waals surface area contributed by atoms with Gasteiger partial charge in [-0.15, -0.1) is 0 Å². The van der Waals surface area contributed by atoms with E-state index in [1.54, 1.807) is 24.3 Å². The summed E-state index contributed by atoms with van der Waals surface area (Å²) < 4.78 is 0. The van der Waals surface area contributed by atoms with Crippen LogP contribution in [0.1, 0.15) is 15.9 Å². The minimum absolute atomic E-state index is 0.0880. The minimum Gasteiger partial charge on any atom is -0.481 e. The molecule has 0 spiro atoms. The van der Waals surface area contributed by atoms with E-state index < -0.39 is 11.9 Å². The van der Waals surface area contributed by atoms with Crippen molar-refractivity contribution in [2.45, 2.75) is 6.42 Å². The molecule has 0 heterocycles. The molecule has 0 aromatic heterocycles. The van der Waals surface area contributed by atoms with Crippen molar-refractivity contribution in [3.05, 3.63) is 71.8 Å². The lowest BCUT2D eigenvalue weighted by Gasteiger charge is -2.11. The Labute approximate surface area is 128 Å². The number of carbonyl (C=O) groups is 2. The molecule has 2 rings (SSSR count). The quantitative estimate of drug-likeness (QED) is 0.887. The summed E-state index contributed by atoms with van der Waals surface area (Å²) >= 11 is 1.07. The largest absolute Gasteiger partial charge is 0.481 e. The highest BCUT2D eigenvalue weighted by atomic mass is 32.2. The van der Waals surface area contributed by atoms with E-state index >= 15 is 0 Å². The van der Waals surface area contributed by atoms with E-state index in [0.29, 0.717) is 12.0 Å². The second-order valence-corrected chi connectivity index (χ2v) is 5.68. The predicted molar refractivity (Wildman–Crippen MR) is 84.5 cm³/mol. The molecule has 21 heavy (non-hydrogen) atoms. The molecule has 0 saturated carbocycles. The van der Waals surface area contributed by atoms with Gasteiger partial charge in [0.2, 0.25) is 5.12 Å². The monoisotopic (exact) mass is 300 g/mol. The molecule has 0 radical (unpaired) electrons. The van der Waals surface area contributed by atoms with E-state index in [9.17, 15) is 14.7 Å². The van der Waals surface area contributed by atoms with Crippen LogP contribution in [0.5, 0.6) is 0 Å². The Kier molecular flexibility index (Phi) is 5.58. The van der Waals surface area contributed by atoms with Crippen LogP contribution in [0.4, 0.5) is 0 Å². The van der Waals surface area contributed by atoms with Crippen molar-refractivity contribution in [2.75, 3.05) is 5.75 Å². The summed E-state index contributed by atoms with van der Waals surface area (Å²) in [6.07, 6.45) is 0.436. The van der Waals surface area contributed by atoms with E-state index in [4.69, 9.17) is 0 Å². The molecular weight excluding hydrogens is 284 g/mol. The zero-order valence-electron chi connectivity index (χ0n) is 11.4. The standard InChI is InChI=1S/C17H16O3S/c18-16(19)15(11-13-7-3-1-4-8-13)12-21-17(20)14-9-5-2-6-10-14/h1-10,15H,11-12H2,(H,18,19)/t15-/m0/s1. The van der Waals surface area contributed by atoms with E-state index in [2.05, 4.69) is 0 Å². The molecule has 0 amide bonds. The number of aliphatic carboxylic acids is 1. The van der Waals surface area contributed by atoms with E-state index in [1.165, 1.54) is 0 Å². The molecule has 0 fully saturated rings. The van der Waals surface area contributed by atoms with Gasteiger partial charge < -0.3 is 5.11 Å². The van der Waals surface area contributed by atoms with Crippen molar-refractivity contribution in [3.63, 3.8) is 0 Å². The Bertz CT molecular complexity index is 596. The Hall–Kier alpha value is -2.07. The SMILES string of the molecule is O=C(SC[C@H](Cc1ccccc1)C(=O)O)c1ccccc1. The van der Waals surface area contributed by atoms with Gasteiger partial charge in [0.05, 0.1) is 5.92 Å². The van der Waals surface area contributed by atoms with Gasteiger partial charge >= 0.3 is 5.97 Å².